The van der Waals surface area contributed by atoms with E-state index in [1.54, 1.807) is 24.3 Å². The first kappa shape index (κ1) is 12.8. The first-order valence-corrected chi connectivity index (χ1v) is 6.87. The maximum absolute atomic E-state index is 12.3. The Bertz CT molecular complexity index is 959. The van der Waals surface area contributed by atoms with E-state index in [1.807, 2.05) is 29.8 Å². The molecule has 3 aromatic rings. The number of ether oxygens (including phenoxy) is 2. The Labute approximate surface area is 126 Å². The summed E-state index contributed by atoms with van der Waals surface area (Å²) in [6.07, 6.45) is 0. The standard InChI is InChI=1S/C17H13NO4/c1-18-12-5-3-2-4-11(12)14(19)8-13(18)10-6-15(20)17-16(7-10)21-9-22-17/h2-8,20H,9H2,1H3. The molecule has 0 saturated heterocycles. The summed E-state index contributed by atoms with van der Waals surface area (Å²) >= 11 is 0. The maximum atomic E-state index is 12.3. The summed E-state index contributed by atoms with van der Waals surface area (Å²) in [6.45, 7) is 0.0863. The van der Waals surface area contributed by atoms with Crippen molar-refractivity contribution in [1.29, 1.82) is 0 Å². The molecule has 0 bridgehead atoms. The van der Waals surface area contributed by atoms with Gasteiger partial charge >= 0.3 is 0 Å². The van der Waals surface area contributed by atoms with Crippen LogP contribution in [0.3, 0.4) is 0 Å². The Balaban J connectivity index is 2.01. The van der Waals surface area contributed by atoms with Gasteiger partial charge in [-0.05, 0) is 24.3 Å². The molecule has 0 fully saturated rings. The number of nitrogens with zero attached hydrogens (tertiary/aromatic N) is 1. The zero-order chi connectivity index (χ0) is 15.3. The molecule has 1 aliphatic heterocycles. The molecule has 0 aliphatic carbocycles. The van der Waals surface area contributed by atoms with Gasteiger partial charge in [0.05, 0.1) is 11.2 Å². The number of benzene rings is 2. The van der Waals surface area contributed by atoms with Crippen LogP contribution in [0.25, 0.3) is 22.2 Å². The van der Waals surface area contributed by atoms with E-state index >= 15 is 0 Å². The molecule has 0 spiro atoms. The van der Waals surface area contributed by atoms with Gasteiger partial charge in [-0.3, -0.25) is 4.79 Å². The van der Waals surface area contributed by atoms with Crippen LogP contribution >= 0.6 is 0 Å². The minimum absolute atomic E-state index is 0.00519. The van der Waals surface area contributed by atoms with Crippen molar-refractivity contribution >= 4 is 10.9 Å². The van der Waals surface area contributed by atoms with E-state index in [9.17, 15) is 9.90 Å². The van der Waals surface area contributed by atoms with E-state index in [0.29, 0.717) is 28.1 Å². The number of rotatable bonds is 1. The fourth-order valence-electron chi connectivity index (χ4n) is 2.82. The normalized spacial score (nSPS) is 12.8. The summed E-state index contributed by atoms with van der Waals surface area (Å²) in [6, 6.07) is 12.4. The van der Waals surface area contributed by atoms with Crippen molar-refractivity contribution in [1.82, 2.24) is 4.57 Å². The van der Waals surface area contributed by atoms with Gasteiger partial charge in [-0.15, -0.1) is 0 Å². The summed E-state index contributed by atoms with van der Waals surface area (Å²) in [7, 11) is 1.89. The van der Waals surface area contributed by atoms with Gasteiger partial charge in [-0.1, -0.05) is 12.1 Å². The molecule has 0 atom stereocenters. The molecule has 0 saturated carbocycles. The van der Waals surface area contributed by atoms with Crippen LogP contribution in [0.1, 0.15) is 0 Å². The topological polar surface area (TPSA) is 60.7 Å². The molecule has 2 aromatic carbocycles. The van der Waals surface area contributed by atoms with Crippen molar-refractivity contribution in [3.63, 3.8) is 0 Å². The number of hydrogen-bond acceptors (Lipinski definition) is 4. The fourth-order valence-corrected chi connectivity index (χ4v) is 2.82. The van der Waals surface area contributed by atoms with Crippen LogP contribution in [0.4, 0.5) is 0 Å². The van der Waals surface area contributed by atoms with E-state index in [0.717, 1.165) is 5.52 Å². The quantitative estimate of drug-likeness (QED) is 0.749. The lowest BCUT2D eigenvalue weighted by atomic mass is 10.1. The minimum Gasteiger partial charge on any atom is -0.504 e. The highest BCUT2D eigenvalue weighted by atomic mass is 16.7. The van der Waals surface area contributed by atoms with Crippen LogP contribution in [0.5, 0.6) is 17.2 Å². The predicted molar refractivity (Wildman–Crippen MR) is 82.4 cm³/mol. The van der Waals surface area contributed by atoms with Crippen LogP contribution in [0, 0.1) is 0 Å². The molecule has 5 heteroatoms. The fraction of sp³-hybridized carbons (Fsp3) is 0.118. The summed E-state index contributed by atoms with van der Waals surface area (Å²) in [5.74, 6) is 0.829. The molecular formula is C17H13NO4. The van der Waals surface area contributed by atoms with Gasteiger partial charge in [0.15, 0.2) is 16.9 Å². The van der Waals surface area contributed by atoms with Gasteiger partial charge in [0.2, 0.25) is 12.5 Å². The number of phenolic OH excluding ortho intramolecular Hbond substituents is 1. The van der Waals surface area contributed by atoms with Gasteiger partial charge in [0, 0.05) is 24.1 Å². The third-order valence-electron chi connectivity index (χ3n) is 3.91. The Morgan fingerprint density at radius 2 is 1.95 bits per heavy atom. The van der Waals surface area contributed by atoms with Crippen molar-refractivity contribution in [3.8, 4) is 28.5 Å². The third-order valence-corrected chi connectivity index (χ3v) is 3.91. The lowest BCUT2D eigenvalue weighted by molar-refractivity contribution is 0.171. The summed E-state index contributed by atoms with van der Waals surface area (Å²) < 4.78 is 12.5. The third kappa shape index (κ3) is 1.75. The summed E-state index contributed by atoms with van der Waals surface area (Å²) in [5, 5.41) is 10.7. The van der Waals surface area contributed by atoms with Crippen LogP contribution in [-0.4, -0.2) is 16.5 Å². The summed E-state index contributed by atoms with van der Waals surface area (Å²) in [5.41, 5.74) is 2.19. The first-order chi connectivity index (χ1) is 10.6. The number of fused-ring (bicyclic) bond motifs is 2. The van der Waals surface area contributed by atoms with Crippen molar-refractivity contribution in [2.45, 2.75) is 0 Å². The molecule has 0 radical (unpaired) electrons. The van der Waals surface area contributed by atoms with E-state index in [-0.39, 0.29) is 18.0 Å². The van der Waals surface area contributed by atoms with Crippen LogP contribution < -0.4 is 14.9 Å². The molecule has 1 aromatic heterocycles. The van der Waals surface area contributed by atoms with E-state index in [2.05, 4.69) is 0 Å². The van der Waals surface area contributed by atoms with Gasteiger partial charge in [0.25, 0.3) is 0 Å². The zero-order valence-electron chi connectivity index (χ0n) is 11.9. The second-order valence-electron chi connectivity index (χ2n) is 5.20. The second kappa shape index (κ2) is 4.53. The molecule has 110 valence electrons. The molecule has 1 aliphatic rings. The molecular weight excluding hydrogens is 282 g/mol. The highest BCUT2D eigenvalue weighted by Gasteiger charge is 2.20. The number of pyridine rings is 1. The zero-order valence-corrected chi connectivity index (χ0v) is 11.9. The minimum atomic E-state index is -0.0548. The number of para-hydroxylation sites is 1. The Morgan fingerprint density at radius 1 is 1.14 bits per heavy atom. The van der Waals surface area contributed by atoms with E-state index < -0.39 is 0 Å². The van der Waals surface area contributed by atoms with Crippen LogP contribution in [0.15, 0.2) is 47.3 Å². The van der Waals surface area contributed by atoms with Crippen molar-refractivity contribution in [2.75, 3.05) is 6.79 Å². The number of hydrogen-bond donors (Lipinski definition) is 1. The number of aromatic nitrogens is 1. The Hall–Kier alpha value is -2.95. The molecule has 0 unspecified atom stereocenters. The highest BCUT2D eigenvalue weighted by Crippen LogP contribution is 2.43. The Morgan fingerprint density at radius 3 is 2.82 bits per heavy atom. The molecule has 4 rings (SSSR count). The molecule has 1 N–H and O–H groups in total. The largest absolute Gasteiger partial charge is 0.504 e. The lowest BCUT2D eigenvalue weighted by Gasteiger charge is -2.13. The first-order valence-electron chi connectivity index (χ1n) is 6.87. The Kier molecular flexibility index (Phi) is 2.63. The van der Waals surface area contributed by atoms with E-state index in [1.165, 1.54) is 0 Å². The van der Waals surface area contributed by atoms with Gasteiger partial charge in [-0.25, -0.2) is 0 Å². The predicted octanol–water partition coefficient (Wildman–Crippen LogP) is 2.64. The SMILES string of the molecule is Cn1c(-c2cc(O)c3c(c2)OCO3)cc(=O)c2ccccc21. The maximum Gasteiger partial charge on any atom is 0.231 e. The molecule has 2 heterocycles. The highest BCUT2D eigenvalue weighted by molar-refractivity contribution is 5.83. The number of phenols is 1. The number of aryl methyl sites for hydroxylation is 1. The smallest absolute Gasteiger partial charge is 0.231 e. The van der Waals surface area contributed by atoms with Gasteiger partial charge in [-0.2, -0.15) is 0 Å². The molecule has 22 heavy (non-hydrogen) atoms. The van der Waals surface area contributed by atoms with Crippen molar-refractivity contribution in [3.05, 3.63) is 52.7 Å². The average Bonchev–Trinajstić information content (AvgIpc) is 3.00. The molecule has 5 nitrogen and oxygen atoms in total. The van der Waals surface area contributed by atoms with E-state index in [4.69, 9.17) is 9.47 Å². The van der Waals surface area contributed by atoms with Gasteiger partial charge in [0.1, 0.15) is 0 Å². The second-order valence-corrected chi connectivity index (χ2v) is 5.20. The van der Waals surface area contributed by atoms with Crippen molar-refractivity contribution < 1.29 is 14.6 Å². The monoisotopic (exact) mass is 295 g/mol. The molecule has 0 amide bonds. The summed E-state index contributed by atoms with van der Waals surface area (Å²) in [4.78, 5) is 12.3. The van der Waals surface area contributed by atoms with Crippen LogP contribution in [0.2, 0.25) is 0 Å². The average molecular weight is 295 g/mol. The van der Waals surface area contributed by atoms with Crippen molar-refractivity contribution in [2.24, 2.45) is 7.05 Å². The van der Waals surface area contributed by atoms with Crippen LogP contribution in [-0.2, 0) is 7.05 Å². The lowest BCUT2D eigenvalue weighted by Crippen LogP contribution is -2.08. The number of aromatic hydroxyl groups is 1. The van der Waals surface area contributed by atoms with Gasteiger partial charge < -0.3 is 19.1 Å².